The van der Waals surface area contributed by atoms with Crippen molar-refractivity contribution in [3.63, 3.8) is 0 Å². The first-order valence-electron chi connectivity index (χ1n) is 6.80. The summed E-state index contributed by atoms with van der Waals surface area (Å²) in [5, 5.41) is 2.53. The van der Waals surface area contributed by atoms with E-state index in [0.717, 1.165) is 4.90 Å². The van der Waals surface area contributed by atoms with Crippen LogP contribution in [0.25, 0.3) is 0 Å². The van der Waals surface area contributed by atoms with E-state index in [1.54, 1.807) is 0 Å². The van der Waals surface area contributed by atoms with Crippen molar-refractivity contribution in [3.8, 4) is 0 Å². The first-order valence-corrected chi connectivity index (χ1v) is 6.80. The lowest BCUT2D eigenvalue weighted by Crippen LogP contribution is -2.68. The van der Waals surface area contributed by atoms with Gasteiger partial charge in [0.1, 0.15) is 17.6 Å². The first kappa shape index (κ1) is 15.1. The molecule has 1 saturated heterocycles. The van der Waals surface area contributed by atoms with Crippen LogP contribution in [0.5, 0.6) is 0 Å². The fraction of sp³-hybridized carbons (Fsp3) is 0.846. The largest absolute Gasteiger partial charge is 0.411 e. The highest BCUT2D eigenvalue weighted by atomic mass is 19.4. The van der Waals surface area contributed by atoms with Gasteiger partial charge >= 0.3 is 6.18 Å². The van der Waals surface area contributed by atoms with Gasteiger partial charge in [0.05, 0.1) is 0 Å². The van der Waals surface area contributed by atoms with Crippen LogP contribution in [0.1, 0.15) is 40.0 Å². The number of hydrogen-bond acceptors (Lipinski definition) is 2. The molecular weight excluding hydrogens is 273 g/mol. The number of halogens is 3. The lowest BCUT2D eigenvalue weighted by atomic mass is 9.96. The van der Waals surface area contributed by atoms with Crippen molar-refractivity contribution in [3.05, 3.63) is 0 Å². The highest BCUT2D eigenvalue weighted by molar-refractivity contribution is 5.97. The summed E-state index contributed by atoms with van der Waals surface area (Å²) >= 11 is 0. The van der Waals surface area contributed by atoms with Crippen molar-refractivity contribution in [2.24, 2.45) is 5.92 Å². The third-order valence-electron chi connectivity index (χ3n) is 4.04. The zero-order valence-corrected chi connectivity index (χ0v) is 11.8. The Hall–Kier alpha value is -1.27. The minimum absolute atomic E-state index is 0.112. The molecule has 2 rings (SSSR count). The van der Waals surface area contributed by atoms with Gasteiger partial charge in [-0.05, 0) is 32.1 Å². The van der Waals surface area contributed by atoms with Crippen LogP contribution in [0.15, 0.2) is 0 Å². The summed E-state index contributed by atoms with van der Waals surface area (Å²) in [4.78, 5) is 25.0. The highest BCUT2D eigenvalue weighted by Crippen LogP contribution is 2.55. The third-order valence-corrected chi connectivity index (χ3v) is 4.04. The van der Waals surface area contributed by atoms with Crippen molar-refractivity contribution in [1.82, 2.24) is 10.2 Å². The van der Waals surface area contributed by atoms with Crippen LogP contribution in [0.2, 0.25) is 0 Å². The zero-order chi connectivity index (χ0) is 15.3. The highest BCUT2D eigenvalue weighted by Gasteiger charge is 2.70. The molecule has 0 aromatic heterocycles. The maximum atomic E-state index is 13.2. The Morgan fingerprint density at radius 1 is 1.35 bits per heavy atom. The minimum Gasteiger partial charge on any atom is -0.343 e. The predicted molar refractivity (Wildman–Crippen MR) is 65.7 cm³/mol. The summed E-state index contributed by atoms with van der Waals surface area (Å²) in [5.41, 5.74) is -2.13. The predicted octanol–water partition coefficient (Wildman–Crippen LogP) is 1.84. The van der Waals surface area contributed by atoms with Crippen molar-refractivity contribution >= 4 is 11.8 Å². The molecule has 4 nitrogen and oxygen atoms in total. The zero-order valence-electron chi connectivity index (χ0n) is 11.8. The van der Waals surface area contributed by atoms with Gasteiger partial charge < -0.3 is 10.2 Å². The number of alkyl halides is 3. The van der Waals surface area contributed by atoms with E-state index in [0.29, 0.717) is 6.42 Å². The standard InChI is InChI=1S/C13H19F3N2O2/c1-7(2)6-9-11(20)18(8(3)10(19)17-9)12(4-5-12)13(14,15)16/h7-9H,4-6H2,1-3H3,(H,17,19). The summed E-state index contributed by atoms with van der Waals surface area (Å²) in [6.45, 7) is 5.07. The molecule has 2 unspecified atom stereocenters. The van der Waals surface area contributed by atoms with Gasteiger partial charge in [-0.2, -0.15) is 13.2 Å². The van der Waals surface area contributed by atoms with Gasteiger partial charge in [-0.15, -0.1) is 0 Å². The summed E-state index contributed by atoms with van der Waals surface area (Å²) in [5.74, 6) is -1.01. The quantitative estimate of drug-likeness (QED) is 0.863. The maximum absolute atomic E-state index is 13.2. The van der Waals surface area contributed by atoms with Gasteiger partial charge in [0, 0.05) is 0 Å². The van der Waals surface area contributed by atoms with Gasteiger partial charge in [-0.25, -0.2) is 0 Å². The summed E-state index contributed by atoms with van der Waals surface area (Å²) in [7, 11) is 0. The van der Waals surface area contributed by atoms with E-state index in [1.165, 1.54) is 6.92 Å². The van der Waals surface area contributed by atoms with Gasteiger partial charge in [0.15, 0.2) is 0 Å². The van der Waals surface area contributed by atoms with Crippen LogP contribution in [0, 0.1) is 5.92 Å². The van der Waals surface area contributed by atoms with E-state index in [-0.39, 0.29) is 18.8 Å². The fourth-order valence-electron chi connectivity index (χ4n) is 2.82. The molecule has 1 N–H and O–H groups in total. The molecule has 1 aliphatic carbocycles. The van der Waals surface area contributed by atoms with Crippen LogP contribution in [0.3, 0.4) is 0 Å². The second-order valence-corrected chi connectivity index (χ2v) is 6.10. The van der Waals surface area contributed by atoms with E-state index in [1.807, 2.05) is 13.8 Å². The molecule has 1 heterocycles. The molecule has 2 fully saturated rings. The SMILES string of the molecule is CC(C)CC1NC(=O)C(C)N(C2(C(F)(F)F)CC2)C1=O. The Morgan fingerprint density at radius 2 is 1.90 bits per heavy atom. The number of nitrogens with zero attached hydrogens (tertiary/aromatic N) is 1. The average Bonchev–Trinajstić information content (AvgIpc) is 3.06. The Morgan fingerprint density at radius 3 is 2.30 bits per heavy atom. The van der Waals surface area contributed by atoms with Crippen LogP contribution >= 0.6 is 0 Å². The molecule has 1 saturated carbocycles. The van der Waals surface area contributed by atoms with Gasteiger partial charge in [0.2, 0.25) is 11.8 Å². The number of carbonyl (C=O) groups is 2. The lowest BCUT2D eigenvalue weighted by molar-refractivity contribution is -0.209. The molecule has 0 aromatic carbocycles. The Bertz CT molecular complexity index is 430. The second kappa shape index (κ2) is 4.63. The van der Waals surface area contributed by atoms with E-state index in [2.05, 4.69) is 5.32 Å². The monoisotopic (exact) mass is 292 g/mol. The molecule has 2 aliphatic rings. The summed E-state index contributed by atoms with van der Waals surface area (Å²) < 4.78 is 39.7. The van der Waals surface area contributed by atoms with Gasteiger partial charge in [-0.3, -0.25) is 9.59 Å². The number of rotatable bonds is 3. The molecule has 0 bridgehead atoms. The lowest BCUT2D eigenvalue weighted by Gasteiger charge is -2.43. The Kier molecular flexibility index (Phi) is 3.50. The number of carbonyl (C=O) groups excluding carboxylic acids is 2. The smallest absolute Gasteiger partial charge is 0.343 e. The Balaban J connectivity index is 2.30. The number of amides is 2. The molecule has 7 heteroatoms. The van der Waals surface area contributed by atoms with Crippen LogP contribution in [-0.4, -0.2) is 40.5 Å². The van der Waals surface area contributed by atoms with Gasteiger partial charge in [-0.1, -0.05) is 13.8 Å². The number of piperazine rings is 1. The molecule has 2 atom stereocenters. The molecule has 1 aliphatic heterocycles. The molecule has 0 spiro atoms. The molecule has 2 amide bonds. The molecule has 20 heavy (non-hydrogen) atoms. The van der Waals surface area contributed by atoms with Crippen molar-refractivity contribution < 1.29 is 22.8 Å². The third kappa shape index (κ3) is 2.27. The molecule has 114 valence electrons. The topological polar surface area (TPSA) is 49.4 Å². The second-order valence-electron chi connectivity index (χ2n) is 6.10. The van der Waals surface area contributed by atoms with Crippen molar-refractivity contribution in [2.45, 2.75) is 63.8 Å². The van der Waals surface area contributed by atoms with E-state index in [9.17, 15) is 22.8 Å². The Labute approximate surface area is 115 Å². The van der Waals surface area contributed by atoms with E-state index in [4.69, 9.17) is 0 Å². The van der Waals surface area contributed by atoms with Crippen molar-refractivity contribution in [1.29, 1.82) is 0 Å². The molecular formula is C13H19F3N2O2. The number of nitrogens with one attached hydrogen (secondary N) is 1. The van der Waals surface area contributed by atoms with Gasteiger partial charge in [0.25, 0.3) is 0 Å². The number of hydrogen-bond donors (Lipinski definition) is 1. The van der Waals surface area contributed by atoms with Crippen LogP contribution < -0.4 is 5.32 Å². The van der Waals surface area contributed by atoms with E-state index < -0.39 is 35.6 Å². The van der Waals surface area contributed by atoms with Crippen LogP contribution in [-0.2, 0) is 9.59 Å². The van der Waals surface area contributed by atoms with Crippen molar-refractivity contribution in [2.75, 3.05) is 0 Å². The summed E-state index contributed by atoms with van der Waals surface area (Å²) in [6, 6.07) is -1.92. The fourth-order valence-corrected chi connectivity index (χ4v) is 2.82. The normalized spacial score (nSPS) is 29.6. The summed E-state index contributed by atoms with van der Waals surface area (Å²) in [6.07, 6.45) is -4.37. The average molecular weight is 292 g/mol. The maximum Gasteiger partial charge on any atom is 0.411 e. The van der Waals surface area contributed by atoms with Crippen LogP contribution in [0.4, 0.5) is 13.2 Å². The minimum atomic E-state index is -4.49. The molecule has 0 radical (unpaired) electrons. The first-order chi connectivity index (χ1) is 9.10. The van der Waals surface area contributed by atoms with E-state index >= 15 is 0 Å². The molecule has 0 aromatic rings.